The summed E-state index contributed by atoms with van der Waals surface area (Å²) in [5, 5.41) is 3.19. The number of nitrogens with one attached hydrogen (secondary N) is 1. The lowest BCUT2D eigenvalue weighted by Gasteiger charge is -2.23. The van der Waals surface area contributed by atoms with Gasteiger partial charge in [-0.2, -0.15) is 0 Å². The summed E-state index contributed by atoms with van der Waals surface area (Å²) in [5.41, 5.74) is 5.84. The lowest BCUT2D eigenvalue weighted by Crippen LogP contribution is -2.42. The second-order valence-corrected chi connectivity index (χ2v) is 4.55. The van der Waals surface area contributed by atoms with Crippen molar-refractivity contribution >= 4 is 5.91 Å². The maximum atomic E-state index is 10.8. The van der Waals surface area contributed by atoms with Crippen molar-refractivity contribution in [2.24, 2.45) is 5.73 Å². The molecule has 0 unspecified atom stereocenters. The number of carbonyl (C=O) groups excluding carboxylic acids is 1. The van der Waals surface area contributed by atoms with Gasteiger partial charge in [-0.25, -0.2) is 0 Å². The Bertz CT molecular complexity index is 427. The van der Waals surface area contributed by atoms with Gasteiger partial charge in [0, 0.05) is 17.5 Å². The Morgan fingerprint density at radius 2 is 2.00 bits per heavy atom. The van der Waals surface area contributed by atoms with Crippen molar-refractivity contribution in [3.63, 3.8) is 0 Å². The summed E-state index contributed by atoms with van der Waals surface area (Å²) in [7, 11) is 0. The van der Waals surface area contributed by atoms with Crippen LogP contribution in [0.5, 0.6) is 0 Å². The van der Waals surface area contributed by atoms with E-state index in [2.05, 4.69) is 17.2 Å². The minimum absolute atomic E-state index is 0.306. The predicted molar refractivity (Wildman–Crippen MR) is 69.2 cm³/mol. The average molecular weight is 230 g/mol. The van der Waals surface area contributed by atoms with Crippen molar-refractivity contribution < 1.29 is 4.79 Å². The van der Waals surface area contributed by atoms with E-state index < -0.39 is 0 Å². The van der Waals surface area contributed by atoms with Gasteiger partial charge in [-0.3, -0.25) is 4.79 Å². The largest absolute Gasteiger partial charge is 0.370 e. The second-order valence-electron chi connectivity index (χ2n) is 4.55. The molecular weight excluding hydrogens is 212 g/mol. The van der Waals surface area contributed by atoms with Crippen LogP contribution in [0, 0.1) is 11.8 Å². The van der Waals surface area contributed by atoms with Crippen LogP contribution < -0.4 is 11.1 Å². The summed E-state index contributed by atoms with van der Waals surface area (Å²) in [6.45, 7) is 4.40. The number of hydrogen-bond acceptors (Lipinski definition) is 2. The van der Waals surface area contributed by atoms with Crippen LogP contribution in [-0.2, 0) is 4.79 Å². The number of rotatable bonds is 4. The first-order valence-corrected chi connectivity index (χ1v) is 5.57. The second kappa shape index (κ2) is 6.07. The Balaban J connectivity index is 2.43. The Hall–Kier alpha value is -1.79. The van der Waals surface area contributed by atoms with E-state index in [1.165, 1.54) is 0 Å². The fourth-order valence-electron chi connectivity index (χ4n) is 1.45. The topological polar surface area (TPSA) is 55.1 Å². The molecule has 0 aliphatic rings. The standard InChI is InChI=1S/C14H18N2O/c1-14(2,11-13(15)17)16-10-6-9-12-7-4-3-5-8-12/h3-5,7-8,16H,10-11H2,1-2H3,(H2,15,17). The van der Waals surface area contributed by atoms with Crippen molar-refractivity contribution in [1.29, 1.82) is 0 Å². The van der Waals surface area contributed by atoms with E-state index in [9.17, 15) is 4.79 Å². The van der Waals surface area contributed by atoms with Crippen LogP contribution in [0.2, 0.25) is 0 Å². The molecule has 0 aliphatic carbocycles. The molecule has 0 saturated carbocycles. The monoisotopic (exact) mass is 230 g/mol. The molecule has 1 amide bonds. The highest BCUT2D eigenvalue weighted by Crippen LogP contribution is 2.06. The minimum atomic E-state index is -0.308. The zero-order chi connectivity index (χ0) is 12.7. The smallest absolute Gasteiger partial charge is 0.219 e. The number of benzene rings is 1. The molecule has 90 valence electrons. The van der Waals surface area contributed by atoms with E-state index in [0.717, 1.165) is 5.56 Å². The van der Waals surface area contributed by atoms with Crippen molar-refractivity contribution in [3.8, 4) is 11.8 Å². The molecule has 0 saturated heterocycles. The van der Waals surface area contributed by atoms with Crippen molar-refractivity contribution in [1.82, 2.24) is 5.32 Å². The highest BCUT2D eigenvalue weighted by atomic mass is 16.1. The van der Waals surface area contributed by atoms with Gasteiger partial charge in [0.15, 0.2) is 0 Å². The number of amides is 1. The number of primary amides is 1. The van der Waals surface area contributed by atoms with Crippen molar-refractivity contribution in [2.75, 3.05) is 6.54 Å². The van der Waals surface area contributed by atoms with Crippen LogP contribution in [0.4, 0.5) is 0 Å². The molecular formula is C14H18N2O. The van der Waals surface area contributed by atoms with Gasteiger partial charge in [-0.05, 0) is 26.0 Å². The van der Waals surface area contributed by atoms with Crippen LogP contribution >= 0.6 is 0 Å². The zero-order valence-electron chi connectivity index (χ0n) is 10.3. The number of carbonyl (C=O) groups is 1. The van der Waals surface area contributed by atoms with Gasteiger partial charge in [-0.15, -0.1) is 0 Å². The van der Waals surface area contributed by atoms with Crippen LogP contribution in [0.15, 0.2) is 30.3 Å². The Morgan fingerprint density at radius 3 is 2.59 bits per heavy atom. The molecule has 1 aromatic carbocycles. The van der Waals surface area contributed by atoms with Gasteiger partial charge in [0.05, 0.1) is 6.54 Å². The summed E-state index contributed by atoms with van der Waals surface area (Å²) in [6, 6.07) is 9.78. The first kappa shape index (κ1) is 13.3. The molecule has 0 aliphatic heterocycles. The first-order chi connectivity index (χ1) is 7.99. The van der Waals surface area contributed by atoms with E-state index in [1.807, 2.05) is 44.2 Å². The Labute approximate surface area is 102 Å². The minimum Gasteiger partial charge on any atom is -0.370 e. The van der Waals surface area contributed by atoms with E-state index in [4.69, 9.17) is 5.73 Å². The highest BCUT2D eigenvalue weighted by molar-refractivity contribution is 5.75. The maximum Gasteiger partial charge on any atom is 0.219 e. The predicted octanol–water partition coefficient (Wildman–Crippen LogP) is 1.28. The molecule has 3 heteroatoms. The van der Waals surface area contributed by atoms with E-state index in [-0.39, 0.29) is 11.4 Å². The fraction of sp³-hybridized carbons (Fsp3) is 0.357. The van der Waals surface area contributed by atoms with Crippen LogP contribution in [-0.4, -0.2) is 18.0 Å². The Morgan fingerprint density at radius 1 is 1.35 bits per heavy atom. The van der Waals surface area contributed by atoms with Gasteiger partial charge in [0.1, 0.15) is 0 Å². The third-order valence-electron chi connectivity index (χ3n) is 2.28. The number of nitrogens with two attached hydrogens (primary N) is 1. The SMILES string of the molecule is CC(C)(CC(N)=O)NCC#Cc1ccccc1. The van der Waals surface area contributed by atoms with Gasteiger partial charge in [0.2, 0.25) is 5.91 Å². The van der Waals surface area contributed by atoms with Crippen LogP contribution in [0.1, 0.15) is 25.8 Å². The lowest BCUT2D eigenvalue weighted by molar-refractivity contribution is -0.119. The molecule has 17 heavy (non-hydrogen) atoms. The molecule has 0 aromatic heterocycles. The summed E-state index contributed by atoms with van der Waals surface area (Å²) in [6.07, 6.45) is 0.306. The molecule has 0 radical (unpaired) electrons. The molecule has 0 heterocycles. The summed E-state index contributed by atoms with van der Waals surface area (Å²) < 4.78 is 0. The molecule has 1 rings (SSSR count). The molecule has 0 bridgehead atoms. The van der Waals surface area contributed by atoms with E-state index in [1.54, 1.807) is 0 Å². The average Bonchev–Trinajstić information content (AvgIpc) is 2.24. The first-order valence-electron chi connectivity index (χ1n) is 5.57. The molecule has 3 nitrogen and oxygen atoms in total. The lowest BCUT2D eigenvalue weighted by atomic mass is 10.0. The van der Waals surface area contributed by atoms with Gasteiger partial charge < -0.3 is 11.1 Å². The molecule has 3 N–H and O–H groups in total. The molecule has 0 atom stereocenters. The third-order valence-corrected chi connectivity index (χ3v) is 2.28. The molecule has 0 spiro atoms. The summed E-state index contributed by atoms with van der Waals surface area (Å²) in [5.74, 6) is 5.75. The summed E-state index contributed by atoms with van der Waals surface area (Å²) in [4.78, 5) is 10.8. The van der Waals surface area contributed by atoms with Crippen molar-refractivity contribution in [3.05, 3.63) is 35.9 Å². The van der Waals surface area contributed by atoms with E-state index >= 15 is 0 Å². The molecule has 1 aromatic rings. The fourth-order valence-corrected chi connectivity index (χ4v) is 1.45. The Kier molecular flexibility index (Phi) is 4.74. The molecule has 0 fully saturated rings. The zero-order valence-corrected chi connectivity index (χ0v) is 10.3. The van der Waals surface area contributed by atoms with Gasteiger partial charge in [0.25, 0.3) is 0 Å². The maximum absolute atomic E-state index is 10.8. The quantitative estimate of drug-likeness (QED) is 0.766. The van der Waals surface area contributed by atoms with Gasteiger partial charge in [-0.1, -0.05) is 30.0 Å². The van der Waals surface area contributed by atoms with Gasteiger partial charge >= 0.3 is 0 Å². The van der Waals surface area contributed by atoms with Crippen LogP contribution in [0.3, 0.4) is 0 Å². The normalized spacial score (nSPS) is 10.5. The number of hydrogen-bond donors (Lipinski definition) is 2. The van der Waals surface area contributed by atoms with Crippen LogP contribution in [0.25, 0.3) is 0 Å². The van der Waals surface area contributed by atoms with E-state index in [0.29, 0.717) is 13.0 Å². The summed E-state index contributed by atoms with van der Waals surface area (Å²) >= 11 is 0. The third kappa shape index (κ3) is 5.74. The van der Waals surface area contributed by atoms with Crippen molar-refractivity contribution in [2.45, 2.75) is 25.8 Å². The highest BCUT2D eigenvalue weighted by Gasteiger charge is 2.18.